The summed E-state index contributed by atoms with van der Waals surface area (Å²) in [4.78, 5) is 0. The molecule has 0 aliphatic carbocycles. The van der Waals surface area contributed by atoms with Crippen LogP contribution in [0.25, 0.3) is 17.1 Å². The van der Waals surface area contributed by atoms with Gasteiger partial charge in [0.1, 0.15) is 11.5 Å². The first-order valence-electron chi connectivity index (χ1n) is 9.28. The molecule has 146 valence electrons. The summed E-state index contributed by atoms with van der Waals surface area (Å²) >= 11 is 1.67. The van der Waals surface area contributed by atoms with E-state index in [4.69, 9.17) is 14.2 Å². The van der Waals surface area contributed by atoms with Crippen molar-refractivity contribution in [2.45, 2.75) is 24.1 Å². The number of hydrogen-bond donors (Lipinski definition) is 0. The van der Waals surface area contributed by atoms with Gasteiger partial charge in [0, 0.05) is 12.4 Å². The van der Waals surface area contributed by atoms with Crippen molar-refractivity contribution in [1.82, 2.24) is 14.8 Å². The van der Waals surface area contributed by atoms with E-state index in [1.54, 1.807) is 26.0 Å². The van der Waals surface area contributed by atoms with Crippen molar-refractivity contribution in [3.63, 3.8) is 0 Å². The van der Waals surface area contributed by atoms with Crippen molar-refractivity contribution in [2.75, 3.05) is 26.6 Å². The first kappa shape index (κ1) is 18.8. The summed E-state index contributed by atoms with van der Waals surface area (Å²) in [5.41, 5.74) is 1.87. The zero-order valence-corrected chi connectivity index (χ0v) is 16.8. The average Bonchev–Trinajstić information content (AvgIpc) is 3.42. The van der Waals surface area contributed by atoms with Crippen LogP contribution in [-0.4, -0.2) is 47.4 Å². The van der Waals surface area contributed by atoms with Crippen LogP contribution in [0.2, 0.25) is 0 Å². The van der Waals surface area contributed by atoms with Gasteiger partial charge in [-0.25, -0.2) is 0 Å². The van der Waals surface area contributed by atoms with E-state index in [-0.39, 0.29) is 6.10 Å². The van der Waals surface area contributed by atoms with Gasteiger partial charge in [-0.3, -0.25) is 4.57 Å². The third-order valence-electron chi connectivity index (χ3n) is 4.73. The molecule has 1 aromatic heterocycles. The Hall–Kier alpha value is -2.51. The highest BCUT2D eigenvalue weighted by Gasteiger charge is 2.21. The zero-order chi connectivity index (χ0) is 19.3. The molecule has 0 unspecified atom stereocenters. The van der Waals surface area contributed by atoms with Crippen LogP contribution < -0.4 is 9.47 Å². The number of rotatable bonds is 7. The van der Waals surface area contributed by atoms with Gasteiger partial charge in [0.05, 0.1) is 31.6 Å². The second kappa shape index (κ2) is 8.67. The van der Waals surface area contributed by atoms with Gasteiger partial charge in [0.25, 0.3) is 0 Å². The lowest BCUT2D eigenvalue weighted by Gasteiger charge is -2.14. The van der Waals surface area contributed by atoms with Gasteiger partial charge in [-0.1, -0.05) is 23.9 Å². The number of ether oxygens (including phenoxy) is 3. The van der Waals surface area contributed by atoms with Crippen molar-refractivity contribution in [3.8, 4) is 28.6 Å². The molecule has 6 nitrogen and oxygen atoms in total. The fourth-order valence-corrected chi connectivity index (χ4v) is 4.29. The Morgan fingerprint density at radius 2 is 1.89 bits per heavy atom. The zero-order valence-electron chi connectivity index (χ0n) is 16.0. The SMILES string of the molecule is COc1ccc(-n2c(SC[C@@H]3CCCO3)nnc2-c2ccccc2OC)cc1. The van der Waals surface area contributed by atoms with Crippen molar-refractivity contribution in [2.24, 2.45) is 0 Å². The average molecular weight is 398 g/mol. The molecule has 0 bridgehead atoms. The number of para-hydroxylation sites is 1. The predicted octanol–water partition coefficient (Wildman–Crippen LogP) is 4.22. The number of hydrogen-bond acceptors (Lipinski definition) is 6. The van der Waals surface area contributed by atoms with Crippen LogP contribution in [-0.2, 0) is 4.74 Å². The van der Waals surface area contributed by atoms with Gasteiger partial charge in [0.15, 0.2) is 11.0 Å². The smallest absolute Gasteiger partial charge is 0.196 e. The highest BCUT2D eigenvalue weighted by Crippen LogP contribution is 2.34. The molecule has 4 rings (SSSR count). The molecule has 0 radical (unpaired) electrons. The van der Waals surface area contributed by atoms with Gasteiger partial charge >= 0.3 is 0 Å². The first-order chi connectivity index (χ1) is 13.8. The Bertz CT molecular complexity index is 921. The third kappa shape index (κ3) is 3.86. The number of methoxy groups -OCH3 is 2. The van der Waals surface area contributed by atoms with E-state index in [0.717, 1.165) is 58.9 Å². The number of benzene rings is 2. The summed E-state index contributed by atoms with van der Waals surface area (Å²) in [5, 5.41) is 9.82. The second-order valence-electron chi connectivity index (χ2n) is 6.49. The Morgan fingerprint density at radius 1 is 1.07 bits per heavy atom. The van der Waals surface area contributed by atoms with Crippen molar-refractivity contribution in [1.29, 1.82) is 0 Å². The quantitative estimate of drug-likeness (QED) is 0.556. The number of nitrogens with zero attached hydrogens (tertiary/aromatic N) is 3. The van der Waals surface area contributed by atoms with Crippen LogP contribution in [0.4, 0.5) is 0 Å². The fourth-order valence-electron chi connectivity index (χ4n) is 3.27. The van der Waals surface area contributed by atoms with Crippen molar-refractivity contribution in [3.05, 3.63) is 48.5 Å². The van der Waals surface area contributed by atoms with Crippen LogP contribution in [0.15, 0.2) is 53.7 Å². The minimum Gasteiger partial charge on any atom is -0.497 e. The van der Waals surface area contributed by atoms with Crippen LogP contribution >= 0.6 is 11.8 Å². The largest absolute Gasteiger partial charge is 0.497 e. The lowest BCUT2D eigenvalue weighted by molar-refractivity contribution is 0.129. The lowest BCUT2D eigenvalue weighted by atomic mass is 10.2. The Balaban J connectivity index is 1.74. The molecule has 1 atom stereocenters. The molecule has 1 aliphatic rings. The summed E-state index contributed by atoms with van der Waals surface area (Å²) in [6.07, 6.45) is 2.51. The van der Waals surface area contributed by atoms with Gasteiger partial charge in [-0.05, 0) is 49.2 Å². The van der Waals surface area contributed by atoms with E-state index >= 15 is 0 Å². The molecule has 7 heteroatoms. The van der Waals surface area contributed by atoms with Gasteiger partial charge < -0.3 is 14.2 Å². The minimum absolute atomic E-state index is 0.278. The van der Waals surface area contributed by atoms with Crippen LogP contribution in [0.3, 0.4) is 0 Å². The summed E-state index contributed by atoms with van der Waals surface area (Å²) in [6, 6.07) is 15.8. The Labute approximate surface area is 168 Å². The standard InChI is InChI=1S/C21H23N3O3S/c1-25-16-11-9-15(10-12-16)24-20(18-7-3-4-8-19(18)26-2)22-23-21(24)28-14-17-6-5-13-27-17/h3-4,7-12,17H,5-6,13-14H2,1-2H3/t17-/m0/s1. The molecule has 0 saturated carbocycles. The maximum absolute atomic E-state index is 5.76. The summed E-state index contributed by atoms with van der Waals surface area (Å²) in [7, 11) is 3.33. The summed E-state index contributed by atoms with van der Waals surface area (Å²) in [5.74, 6) is 3.18. The van der Waals surface area contributed by atoms with E-state index in [9.17, 15) is 0 Å². The summed E-state index contributed by atoms with van der Waals surface area (Å²) in [6.45, 7) is 0.850. The highest BCUT2D eigenvalue weighted by atomic mass is 32.2. The molecular formula is C21H23N3O3S. The Morgan fingerprint density at radius 3 is 2.61 bits per heavy atom. The number of aromatic nitrogens is 3. The maximum atomic E-state index is 5.76. The molecule has 2 heterocycles. The molecule has 3 aromatic rings. The van der Waals surface area contributed by atoms with E-state index in [2.05, 4.69) is 14.8 Å². The van der Waals surface area contributed by atoms with Crippen molar-refractivity contribution >= 4 is 11.8 Å². The summed E-state index contributed by atoms with van der Waals surface area (Å²) < 4.78 is 18.7. The molecule has 1 fully saturated rings. The number of thioether (sulfide) groups is 1. The minimum atomic E-state index is 0.278. The van der Waals surface area contributed by atoms with Gasteiger partial charge in [-0.15, -0.1) is 10.2 Å². The van der Waals surface area contributed by atoms with Gasteiger partial charge in [0.2, 0.25) is 0 Å². The van der Waals surface area contributed by atoms with Crippen LogP contribution in [0, 0.1) is 0 Å². The molecule has 0 N–H and O–H groups in total. The highest BCUT2D eigenvalue weighted by molar-refractivity contribution is 7.99. The predicted molar refractivity (Wildman–Crippen MR) is 110 cm³/mol. The molecule has 2 aromatic carbocycles. The maximum Gasteiger partial charge on any atom is 0.196 e. The molecule has 1 aliphatic heterocycles. The topological polar surface area (TPSA) is 58.4 Å². The Kier molecular flexibility index (Phi) is 5.83. The fraction of sp³-hybridized carbons (Fsp3) is 0.333. The monoisotopic (exact) mass is 397 g/mol. The molecule has 0 spiro atoms. The third-order valence-corrected chi connectivity index (χ3v) is 5.80. The molecule has 0 amide bonds. The normalized spacial score (nSPS) is 16.3. The van der Waals surface area contributed by atoms with E-state index in [1.807, 2.05) is 48.5 Å². The molecular weight excluding hydrogens is 374 g/mol. The van der Waals surface area contributed by atoms with E-state index in [1.165, 1.54) is 0 Å². The van der Waals surface area contributed by atoms with Crippen LogP contribution in [0.1, 0.15) is 12.8 Å². The first-order valence-corrected chi connectivity index (χ1v) is 10.3. The molecule has 1 saturated heterocycles. The van der Waals surface area contributed by atoms with Gasteiger partial charge in [-0.2, -0.15) is 0 Å². The lowest BCUT2D eigenvalue weighted by Crippen LogP contribution is -2.09. The van der Waals surface area contributed by atoms with E-state index < -0.39 is 0 Å². The molecule has 28 heavy (non-hydrogen) atoms. The van der Waals surface area contributed by atoms with Crippen molar-refractivity contribution < 1.29 is 14.2 Å². The van der Waals surface area contributed by atoms with Crippen LogP contribution in [0.5, 0.6) is 11.5 Å². The second-order valence-corrected chi connectivity index (χ2v) is 7.47. The van der Waals surface area contributed by atoms with E-state index in [0.29, 0.717) is 0 Å².